The van der Waals surface area contributed by atoms with Crippen molar-refractivity contribution in [3.8, 4) is 0 Å². The Balaban J connectivity index is 1.69. The van der Waals surface area contributed by atoms with E-state index in [2.05, 4.69) is 32.3 Å². The Morgan fingerprint density at radius 1 is 1.15 bits per heavy atom. The number of fused-ring (bicyclic) bond motifs is 1. The van der Waals surface area contributed by atoms with Crippen molar-refractivity contribution in [3.05, 3.63) is 59.5 Å². The number of benzene rings is 2. The minimum atomic E-state index is -3.66. The van der Waals surface area contributed by atoms with Crippen molar-refractivity contribution in [3.63, 3.8) is 0 Å². The molecule has 6 nitrogen and oxygen atoms in total. The number of rotatable bonds is 6. The SMILES string of the molecule is COC(=O)Nc1ccc(S(=O)(=O)N[C@H](C)Cc2csc3ccccc23)cc1. The number of sulfonamides is 1. The Morgan fingerprint density at radius 3 is 2.56 bits per heavy atom. The quantitative estimate of drug-likeness (QED) is 0.651. The molecule has 2 aromatic carbocycles. The van der Waals surface area contributed by atoms with E-state index in [0.29, 0.717) is 12.1 Å². The summed E-state index contributed by atoms with van der Waals surface area (Å²) in [5, 5.41) is 5.71. The smallest absolute Gasteiger partial charge is 0.411 e. The molecule has 27 heavy (non-hydrogen) atoms. The summed E-state index contributed by atoms with van der Waals surface area (Å²) < 4.78 is 33.6. The number of carbonyl (C=O) groups is 1. The molecule has 1 amide bonds. The fourth-order valence-corrected chi connectivity index (χ4v) is 5.00. The van der Waals surface area contributed by atoms with Crippen molar-refractivity contribution >= 4 is 43.2 Å². The minimum Gasteiger partial charge on any atom is -0.453 e. The van der Waals surface area contributed by atoms with Crippen molar-refractivity contribution in [2.75, 3.05) is 12.4 Å². The van der Waals surface area contributed by atoms with Gasteiger partial charge < -0.3 is 4.74 Å². The van der Waals surface area contributed by atoms with Crippen LogP contribution in [0.2, 0.25) is 0 Å². The lowest BCUT2D eigenvalue weighted by Crippen LogP contribution is -2.34. The van der Waals surface area contributed by atoms with Crippen LogP contribution in [-0.4, -0.2) is 27.7 Å². The second-order valence-corrected chi connectivity index (χ2v) is 8.75. The summed E-state index contributed by atoms with van der Waals surface area (Å²) >= 11 is 1.66. The first-order chi connectivity index (χ1) is 12.9. The van der Waals surface area contributed by atoms with Crippen LogP contribution in [0, 0.1) is 0 Å². The summed E-state index contributed by atoms with van der Waals surface area (Å²) in [5.74, 6) is 0. The number of anilines is 1. The number of carbonyl (C=O) groups excluding carboxylic acids is 1. The van der Waals surface area contributed by atoms with Crippen LogP contribution >= 0.6 is 11.3 Å². The molecule has 0 bridgehead atoms. The number of hydrogen-bond acceptors (Lipinski definition) is 5. The molecule has 2 N–H and O–H groups in total. The Hall–Kier alpha value is -2.42. The van der Waals surface area contributed by atoms with Gasteiger partial charge in [-0.25, -0.2) is 17.9 Å². The number of thiophene rings is 1. The third-order valence-electron chi connectivity index (χ3n) is 4.04. The van der Waals surface area contributed by atoms with Crippen molar-refractivity contribution in [1.82, 2.24) is 4.72 Å². The van der Waals surface area contributed by atoms with Gasteiger partial charge in [0.1, 0.15) is 0 Å². The Labute approximate surface area is 162 Å². The van der Waals surface area contributed by atoms with Gasteiger partial charge in [-0.2, -0.15) is 0 Å². The molecule has 1 atom stereocenters. The average molecular weight is 405 g/mol. The maximum absolute atomic E-state index is 12.6. The molecule has 3 rings (SSSR count). The summed E-state index contributed by atoms with van der Waals surface area (Å²) in [6.45, 7) is 1.84. The lowest BCUT2D eigenvalue weighted by atomic mass is 10.1. The molecule has 0 saturated heterocycles. The average Bonchev–Trinajstić information content (AvgIpc) is 3.04. The number of nitrogens with one attached hydrogen (secondary N) is 2. The Kier molecular flexibility index (Phi) is 5.79. The van der Waals surface area contributed by atoms with Gasteiger partial charge in [0.15, 0.2) is 0 Å². The maximum Gasteiger partial charge on any atom is 0.411 e. The fraction of sp³-hybridized carbons (Fsp3) is 0.211. The summed E-state index contributed by atoms with van der Waals surface area (Å²) in [7, 11) is -2.40. The van der Waals surface area contributed by atoms with E-state index in [1.54, 1.807) is 11.3 Å². The van der Waals surface area contributed by atoms with Crippen molar-refractivity contribution in [1.29, 1.82) is 0 Å². The van der Waals surface area contributed by atoms with Gasteiger partial charge in [-0.15, -0.1) is 11.3 Å². The van der Waals surface area contributed by atoms with E-state index in [1.807, 2.05) is 19.1 Å². The summed E-state index contributed by atoms with van der Waals surface area (Å²) in [4.78, 5) is 11.3. The predicted octanol–water partition coefficient (Wildman–Crippen LogP) is 3.99. The van der Waals surface area contributed by atoms with Crippen molar-refractivity contribution < 1.29 is 17.9 Å². The third-order valence-corrected chi connectivity index (χ3v) is 6.66. The van der Waals surface area contributed by atoms with Gasteiger partial charge in [0, 0.05) is 16.4 Å². The van der Waals surface area contributed by atoms with Crippen LogP contribution in [0.5, 0.6) is 0 Å². The first kappa shape index (κ1) is 19.3. The molecule has 8 heteroatoms. The molecule has 0 unspecified atom stereocenters. The van der Waals surface area contributed by atoms with E-state index < -0.39 is 16.1 Å². The number of amides is 1. The maximum atomic E-state index is 12.6. The van der Waals surface area contributed by atoms with Gasteiger partial charge in [0.05, 0.1) is 12.0 Å². The van der Waals surface area contributed by atoms with Gasteiger partial charge >= 0.3 is 6.09 Å². The number of methoxy groups -OCH3 is 1. The van der Waals surface area contributed by atoms with Crippen LogP contribution in [0.4, 0.5) is 10.5 Å². The van der Waals surface area contributed by atoms with Crippen LogP contribution in [0.25, 0.3) is 10.1 Å². The molecule has 0 aliphatic carbocycles. The predicted molar refractivity (Wildman–Crippen MR) is 108 cm³/mol. The van der Waals surface area contributed by atoms with Gasteiger partial charge in [-0.3, -0.25) is 5.32 Å². The third kappa shape index (κ3) is 4.65. The Morgan fingerprint density at radius 2 is 1.85 bits per heavy atom. The highest BCUT2D eigenvalue weighted by molar-refractivity contribution is 7.89. The number of ether oxygens (including phenoxy) is 1. The van der Waals surface area contributed by atoms with E-state index in [-0.39, 0.29) is 10.9 Å². The zero-order valence-electron chi connectivity index (χ0n) is 14.9. The van der Waals surface area contributed by atoms with Gasteiger partial charge in [-0.1, -0.05) is 18.2 Å². The molecule has 0 aliphatic heterocycles. The Bertz CT molecular complexity index is 1040. The summed E-state index contributed by atoms with van der Waals surface area (Å²) in [5.41, 5.74) is 1.59. The van der Waals surface area contributed by atoms with Crippen LogP contribution in [-0.2, 0) is 21.2 Å². The summed E-state index contributed by atoms with van der Waals surface area (Å²) in [6, 6.07) is 13.7. The molecule has 0 aliphatic rings. The highest BCUT2D eigenvalue weighted by atomic mass is 32.2. The van der Waals surface area contributed by atoms with E-state index in [9.17, 15) is 13.2 Å². The monoisotopic (exact) mass is 404 g/mol. The summed E-state index contributed by atoms with van der Waals surface area (Å²) in [6.07, 6.45) is -0.00839. The second-order valence-electron chi connectivity index (χ2n) is 6.12. The van der Waals surface area contributed by atoms with Crippen LogP contribution < -0.4 is 10.0 Å². The van der Waals surface area contributed by atoms with Crippen molar-refractivity contribution in [2.24, 2.45) is 0 Å². The molecule has 0 radical (unpaired) electrons. The molecule has 0 saturated carbocycles. The number of hydrogen-bond donors (Lipinski definition) is 2. The largest absolute Gasteiger partial charge is 0.453 e. The lowest BCUT2D eigenvalue weighted by molar-refractivity contribution is 0.187. The van der Waals surface area contributed by atoms with Gasteiger partial charge in [-0.05, 0) is 60.0 Å². The molecule has 1 heterocycles. The molecule has 142 valence electrons. The van der Waals surface area contributed by atoms with E-state index in [1.165, 1.54) is 36.1 Å². The molecular weight excluding hydrogens is 384 g/mol. The first-order valence-corrected chi connectivity index (χ1v) is 10.7. The zero-order valence-corrected chi connectivity index (χ0v) is 16.6. The normalized spacial score (nSPS) is 12.7. The standard InChI is InChI=1S/C19H20N2O4S2/c1-13(11-14-12-26-18-6-4-3-5-17(14)18)21-27(23,24)16-9-7-15(8-10-16)20-19(22)25-2/h3-10,12-13,21H,11H2,1-2H3,(H,20,22)/t13-/m1/s1. The second kappa shape index (κ2) is 8.08. The van der Waals surface area contributed by atoms with Crippen LogP contribution in [0.3, 0.4) is 0 Å². The highest BCUT2D eigenvalue weighted by Crippen LogP contribution is 2.26. The van der Waals surface area contributed by atoms with Gasteiger partial charge in [0.25, 0.3) is 0 Å². The highest BCUT2D eigenvalue weighted by Gasteiger charge is 2.18. The fourth-order valence-electron chi connectivity index (χ4n) is 2.78. The molecular formula is C19H20N2O4S2. The first-order valence-electron chi connectivity index (χ1n) is 8.31. The molecule has 0 spiro atoms. The molecule has 0 fully saturated rings. The van der Waals surface area contributed by atoms with Crippen LogP contribution in [0.1, 0.15) is 12.5 Å². The van der Waals surface area contributed by atoms with E-state index in [0.717, 1.165) is 10.9 Å². The molecule has 1 aromatic heterocycles. The lowest BCUT2D eigenvalue weighted by Gasteiger charge is -2.14. The van der Waals surface area contributed by atoms with E-state index in [4.69, 9.17) is 0 Å². The minimum absolute atomic E-state index is 0.139. The van der Waals surface area contributed by atoms with Gasteiger partial charge in [0.2, 0.25) is 10.0 Å². The van der Waals surface area contributed by atoms with Crippen molar-refractivity contribution in [2.45, 2.75) is 24.3 Å². The van der Waals surface area contributed by atoms with Crippen LogP contribution in [0.15, 0.2) is 58.8 Å². The zero-order chi connectivity index (χ0) is 19.4. The van der Waals surface area contributed by atoms with E-state index >= 15 is 0 Å². The molecule has 3 aromatic rings. The topological polar surface area (TPSA) is 84.5 Å².